The summed E-state index contributed by atoms with van der Waals surface area (Å²) in [5.41, 5.74) is -0.382. The van der Waals surface area contributed by atoms with Crippen molar-refractivity contribution in [2.24, 2.45) is 0 Å². The van der Waals surface area contributed by atoms with E-state index in [1.165, 1.54) is 21.3 Å². The van der Waals surface area contributed by atoms with Gasteiger partial charge in [0.2, 0.25) is 0 Å². The first-order chi connectivity index (χ1) is 13.0. The van der Waals surface area contributed by atoms with Crippen molar-refractivity contribution in [3.63, 3.8) is 0 Å². The van der Waals surface area contributed by atoms with Crippen LogP contribution >= 0.6 is 7.81 Å². The van der Waals surface area contributed by atoms with Crippen LogP contribution in [0, 0.1) is 0 Å². The molecule has 1 aromatic heterocycles. The molecule has 2 atom stereocenters. The fourth-order valence-corrected chi connectivity index (χ4v) is 4.31. The van der Waals surface area contributed by atoms with Crippen molar-refractivity contribution in [1.82, 2.24) is 5.32 Å². The Morgan fingerprint density at radius 3 is 1.76 bits per heavy atom. The summed E-state index contributed by atoms with van der Waals surface area (Å²) in [6.07, 6.45) is 3.28. The minimum atomic E-state index is -10.7. The molecule has 0 aromatic carbocycles. The molecule has 172 valence electrons. The van der Waals surface area contributed by atoms with Gasteiger partial charge in [0.15, 0.2) is 12.4 Å². The van der Waals surface area contributed by atoms with Gasteiger partial charge in [0.1, 0.15) is 5.67 Å². The van der Waals surface area contributed by atoms with Crippen LogP contribution in [-0.4, -0.2) is 41.9 Å². The number of nitrogens with zero attached hydrogens (tertiary/aromatic N) is 1. The first-order valence-corrected chi connectivity index (χ1v) is 12.0. The Hall–Kier alpha value is -1.47. The Bertz CT molecular complexity index is 629. The number of aromatic nitrogens is 1. The van der Waals surface area contributed by atoms with E-state index >= 15 is 0 Å². The molecule has 29 heavy (non-hydrogen) atoms. The van der Waals surface area contributed by atoms with E-state index in [2.05, 4.69) is 5.32 Å². The van der Waals surface area contributed by atoms with Gasteiger partial charge in [-0.1, -0.05) is 13.0 Å². The van der Waals surface area contributed by atoms with Crippen LogP contribution < -0.4 is 9.88 Å². The fourth-order valence-electron chi connectivity index (χ4n) is 2.16. The summed E-state index contributed by atoms with van der Waals surface area (Å²) >= 11 is 0. The first-order valence-electron chi connectivity index (χ1n) is 8.12. The summed E-state index contributed by atoms with van der Waals surface area (Å²) in [5.74, 6) is 0. The molecule has 1 aromatic rings. The quantitative estimate of drug-likeness (QED) is 0.254. The molecule has 0 fully saturated rings. The summed E-state index contributed by atoms with van der Waals surface area (Å²) in [7, 11) is -9.08. The van der Waals surface area contributed by atoms with Crippen LogP contribution in [0.15, 0.2) is 30.6 Å². The Kier molecular flexibility index (Phi) is 9.07. The monoisotopic (exact) mass is 474 g/mol. The molecule has 0 saturated carbocycles. The zero-order chi connectivity index (χ0) is 23.0. The summed E-state index contributed by atoms with van der Waals surface area (Å²) in [6, 6.07) is 5.63. The molecule has 0 saturated heterocycles. The van der Waals surface area contributed by atoms with Crippen LogP contribution in [0.3, 0.4) is 0 Å². The van der Waals surface area contributed by atoms with Gasteiger partial charge in [-0.15, -0.1) is 0 Å². The van der Waals surface area contributed by atoms with Gasteiger partial charge in [-0.3, -0.25) is 0 Å². The van der Waals surface area contributed by atoms with E-state index in [0.29, 0.717) is 6.42 Å². The van der Waals surface area contributed by atoms with E-state index < -0.39 is 28.9 Å². The van der Waals surface area contributed by atoms with Gasteiger partial charge in [0, 0.05) is 40.4 Å². The third-order valence-electron chi connectivity index (χ3n) is 3.42. The molecule has 0 aliphatic heterocycles. The van der Waals surface area contributed by atoms with Gasteiger partial charge in [-0.2, -0.15) is 4.57 Å². The second-order valence-corrected chi connectivity index (χ2v) is 10.7. The van der Waals surface area contributed by atoms with Crippen molar-refractivity contribution >= 4 is 22.7 Å². The molecule has 1 rings (SSSR count). The third-order valence-corrected chi connectivity index (χ3v) is 6.53. The number of rotatable bonds is 8. The van der Waals surface area contributed by atoms with E-state index in [9.17, 15) is 30.0 Å². The van der Waals surface area contributed by atoms with E-state index in [1.807, 2.05) is 37.5 Å². The van der Waals surface area contributed by atoms with Crippen molar-refractivity contribution in [3.8, 4) is 0 Å². The predicted octanol–water partition coefficient (Wildman–Crippen LogP) is 4.80. The number of halogens is 6. The molecule has 0 bridgehead atoms. The Morgan fingerprint density at radius 1 is 1.00 bits per heavy atom. The fraction of sp³-hybridized carbons (Fsp3) is 0.571. The predicted molar refractivity (Wildman–Crippen MR) is 95.4 cm³/mol. The number of hydrogen-bond acceptors (Lipinski definition) is 5. The van der Waals surface area contributed by atoms with Crippen molar-refractivity contribution in [3.05, 3.63) is 30.6 Å². The molecule has 0 aliphatic carbocycles. The molecular weight excluding hydrogens is 449 g/mol. The average molecular weight is 474 g/mol. The molecule has 0 spiro atoms. The number of alkyl carbamates (subject to hydrolysis) is 1. The third kappa shape index (κ3) is 12.6. The second-order valence-electron chi connectivity index (χ2n) is 5.61. The summed E-state index contributed by atoms with van der Waals surface area (Å²) in [6.45, 7) is 3.70. The number of carbonyl (C=O) groups excluding carboxylic acids is 1. The van der Waals surface area contributed by atoms with Crippen LogP contribution in [0.25, 0.3) is 0 Å². The second kappa shape index (κ2) is 9.56. The number of ether oxygens (including phenoxy) is 1. The zero-order valence-electron chi connectivity index (χ0n) is 16.5. The number of carbonyl (C=O) groups is 1. The maximum atomic E-state index is 12.1. The number of amides is 1. The van der Waals surface area contributed by atoms with Crippen molar-refractivity contribution in [2.75, 3.05) is 21.3 Å². The van der Waals surface area contributed by atoms with Crippen LogP contribution in [0.1, 0.15) is 26.5 Å². The Labute approximate surface area is 165 Å². The van der Waals surface area contributed by atoms with Gasteiger partial charge in [-0.25, -0.2) is 4.79 Å². The average Bonchev–Trinajstić information content (AvgIpc) is 2.60. The van der Waals surface area contributed by atoms with Crippen molar-refractivity contribution < 1.29 is 52.6 Å². The minimum absolute atomic E-state index is 0.382. The van der Waals surface area contributed by atoms with Gasteiger partial charge in [0.25, 0.3) is 0 Å². The number of nitrogens with one attached hydrogen (secondary N) is 1. The molecule has 7 nitrogen and oxygen atoms in total. The number of hydrogen-bond donors (Lipinski definition) is 1. The van der Waals surface area contributed by atoms with Crippen molar-refractivity contribution in [2.45, 2.75) is 32.2 Å². The van der Waals surface area contributed by atoms with Gasteiger partial charge in [-0.05, 0) is 6.42 Å². The van der Waals surface area contributed by atoms with Crippen molar-refractivity contribution in [1.29, 1.82) is 0 Å². The molecule has 15 heteroatoms. The molecule has 1 amide bonds. The molecular formula is C14H25F6N2O5PSi. The SMILES string of the molecule is CCC(NC(=O)OC(C)[n+]1ccccc1)[Si](OC)(OC)OC.F[P-](F)(F)(F)(F)F. The van der Waals surface area contributed by atoms with E-state index in [4.69, 9.17) is 18.0 Å². The van der Waals surface area contributed by atoms with Crippen LogP contribution in [0.4, 0.5) is 30.0 Å². The van der Waals surface area contributed by atoms with E-state index in [1.54, 1.807) is 11.5 Å². The molecule has 1 heterocycles. The van der Waals surface area contributed by atoms with Gasteiger partial charge >= 0.3 is 54.1 Å². The normalized spacial score (nSPS) is 16.4. The Balaban J connectivity index is 0.000000956. The van der Waals surface area contributed by atoms with Gasteiger partial charge < -0.3 is 23.3 Å². The topological polar surface area (TPSA) is 69.9 Å². The molecule has 1 N–H and O–H groups in total. The van der Waals surface area contributed by atoms with E-state index in [-0.39, 0.29) is 5.67 Å². The summed E-state index contributed by atoms with van der Waals surface area (Å²) < 4.78 is 82.5. The van der Waals surface area contributed by atoms with Crippen LogP contribution in [0.2, 0.25) is 0 Å². The summed E-state index contributed by atoms with van der Waals surface area (Å²) in [4.78, 5) is 12.1. The maximum absolute atomic E-state index is 12.1. The van der Waals surface area contributed by atoms with Crippen LogP contribution in [0.5, 0.6) is 0 Å². The van der Waals surface area contributed by atoms with E-state index in [0.717, 1.165) is 0 Å². The molecule has 0 aliphatic rings. The summed E-state index contributed by atoms with van der Waals surface area (Å²) in [5, 5.41) is 2.77. The van der Waals surface area contributed by atoms with Crippen LogP contribution in [-0.2, 0) is 18.0 Å². The number of pyridine rings is 1. The Morgan fingerprint density at radius 2 is 1.41 bits per heavy atom. The first kappa shape index (κ1) is 27.5. The molecule has 0 radical (unpaired) electrons. The zero-order valence-corrected chi connectivity index (χ0v) is 18.3. The van der Waals surface area contributed by atoms with Gasteiger partial charge in [0.05, 0.1) is 0 Å². The standard InChI is InChI=1S/C14H24N2O5Si.F6P/c1-6-13(22(18-3,19-4)20-5)15-14(17)21-12(2)16-10-8-7-9-11-16;1-7(2,3,4,5)6/h7-13H,6H2,1-5H3;/q;-1/p+1. The molecule has 2 unspecified atom stereocenters.